The normalized spacial score (nSPS) is 26.3. The van der Waals surface area contributed by atoms with Crippen LogP contribution in [0.1, 0.15) is 12.8 Å². The molecule has 0 aliphatic carbocycles. The van der Waals surface area contributed by atoms with Crippen molar-refractivity contribution >= 4 is 15.7 Å². The molecular formula is C11H16N2O4S. The second-order valence-corrected chi connectivity index (χ2v) is 7.05. The summed E-state index contributed by atoms with van der Waals surface area (Å²) in [6.45, 7) is 1.22. The Morgan fingerprint density at radius 2 is 1.78 bits per heavy atom. The Hall–Kier alpha value is -1.13. The molecule has 2 aliphatic rings. The minimum absolute atomic E-state index is 0.00323. The van der Waals surface area contributed by atoms with Gasteiger partial charge in [0, 0.05) is 26.3 Å². The highest BCUT2D eigenvalue weighted by molar-refractivity contribution is 7.91. The lowest BCUT2D eigenvalue weighted by Crippen LogP contribution is -2.51. The molecule has 2 rings (SSSR count). The first-order valence-corrected chi connectivity index (χ1v) is 7.80. The third-order valence-electron chi connectivity index (χ3n) is 3.60. The molecule has 0 spiro atoms. The summed E-state index contributed by atoms with van der Waals surface area (Å²) in [5.41, 5.74) is -1.01. The summed E-state index contributed by atoms with van der Waals surface area (Å²) in [4.78, 5) is 13.9. The number of hydrogen-bond donors (Lipinski definition) is 0. The second kappa shape index (κ2) is 4.86. The molecule has 2 aliphatic heterocycles. The number of ether oxygens (including phenoxy) is 1. The highest BCUT2D eigenvalue weighted by Gasteiger charge is 2.44. The number of sulfone groups is 1. The first kappa shape index (κ1) is 13.3. The number of nitriles is 1. The van der Waals surface area contributed by atoms with Crippen LogP contribution in [0, 0.1) is 16.7 Å². The Balaban J connectivity index is 2.09. The topological polar surface area (TPSA) is 87.5 Å². The van der Waals surface area contributed by atoms with Crippen LogP contribution < -0.4 is 0 Å². The van der Waals surface area contributed by atoms with Crippen molar-refractivity contribution in [1.82, 2.24) is 4.90 Å². The molecular weight excluding hydrogens is 256 g/mol. The van der Waals surface area contributed by atoms with E-state index in [9.17, 15) is 18.5 Å². The number of nitrogens with zero attached hydrogens (tertiary/aromatic N) is 2. The molecule has 100 valence electrons. The van der Waals surface area contributed by atoms with Crippen LogP contribution in [0.25, 0.3) is 0 Å². The van der Waals surface area contributed by atoms with Gasteiger partial charge in [0.15, 0.2) is 9.84 Å². The molecule has 0 saturated carbocycles. The SMILES string of the molecule is N#CC1(C(=O)N2CCS(=O)(=O)CC2)CCOCC1. The van der Waals surface area contributed by atoms with Gasteiger partial charge in [0.05, 0.1) is 17.6 Å². The van der Waals surface area contributed by atoms with E-state index >= 15 is 0 Å². The van der Waals surface area contributed by atoms with Crippen molar-refractivity contribution in [3.63, 3.8) is 0 Å². The summed E-state index contributed by atoms with van der Waals surface area (Å²) in [7, 11) is -3.01. The van der Waals surface area contributed by atoms with Gasteiger partial charge in [-0.05, 0) is 12.8 Å². The summed E-state index contributed by atoms with van der Waals surface area (Å²) < 4.78 is 27.8. The molecule has 0 bridgehead atoms. The van der Waals surface area contributed by atoms with Crippen molar-refractivity contribution in [3.8, 4) is 6.07 Å². The van der Waals surface area contributed by atoms with E-state index < -0.39 is 15.3 Å². The smallest absolute Gasteiger partial charge is 0.243 e. The lowest BCUT2D eigenvalue weighted by atomic mass is 9.80. The van der Waals surface area contributed by atoms with Crippen LogP contribution in [0.4, 0.5) is 0 Å². The van der Waals surface area contributed by atoms with E-state index in [-0.39, 0.29) is 30.5 Å². The van der Waals surface area contributed by atoms with Gasteiger partial charge >= 0.3 is 0 Å². The molecule has 18 heavy (non-hydrogen) atoms. The summed E-state index contributed by atoms with van der Waals surface area (Å²) in [5.74, 6) is -0.240. The predicted molar refractivity (Wildman–Crippen MR) is 63.3 cm³/mol. The average Bonchev–Trinajstić information content (AvgIpc) is 2.39. The average molecular weight is 272 g/mol. The zero-order chi connectivity index (χ0) is 13.2. The minimum atomic E-state index is -3.01. The Labute approximate surface area is 106 Å². The van der Waals surface area contributed by atoms with E-state index in [2.05, 4.69) is 6.07 Å². The van der Waals surface area contributed by atoms with E-state index in [0.717, 1.165) is 0 Å². The molecule has 0 atom stereocenters. The highest BCUT2D eigenvalue weighted by Crippen LogP contribution is 2.32. The maximum atomic E-state index is 12.4. The van der Waals surface area contributed by atoms with E-state index in [0.29, 0.717) is 26.1 Å². The Morgan fingerprint density at radius 3 is 2.28 bits per heavy atom. The van der Waals surface area contributed by atoms with Gasteiger partial charge in [0.25, 0.3) is 0 Å². The predicted octanol–water partition coefficient (Wildman–Crippen LogP) is -0.436. The number of rotatable bonds is 1. The first-order valence-electron chi connectivity index (χ1n) is 5.98. The molecule has 0 aromatic rings. The fraction of sp³-hybridized carbons (Fsp3) is 0.818. The molecule has 0 aromatic heterocycles. The number of amides is 1. The molecule has 2 saturated heterocycles. The van der Waals surface area contributed by atoms with E-state index in [1.54, 1.807) is 0 Å². The van der Waals surface area contributed by atoms with Gasteiger partial charge in [-0.25, -0.2) is 8.42 Å². The van der Waals surface area contributed by atoms with E-state index in [1.165, 1.54) is 4.90 Å². The molecule has 0 radical (unpaired) electrons. The quantitative estimate of drug-likeness (QED) is 0.646. The molecule has 0 aromatic carbocycles. The van der Waals surface area contributed by atoms with Gasteiger partial charge < -0.3 is 9.64 Å². The zero-order valence-corrected chi connectivity index (χ0v) is 10.9. The molecule has 0 unspecified atom stereocenters. The van der Waals surface area contributed by atoms with Crippen LogP contribution in [-0.2, 0) is 19.4 Å². The van der Waals surface area contributed by atoms with Gasteiger partial charge in [-0.2, -0.15) is 5.26 Å². The van der Waals surface area contributed by atoms with Crippen LogP contribution >= 0.6 is 0 Å². The number of carbonyl (C=O) groups is 1. The molecule has 0 N–H and O–H groups in total. The number of hydrogen-bond acceptors (Lipinski definition) is 5. The largest absolute Gasteiger partial charge is 0.381 e. The first-order chi connectivity index (χ1) is 8.49. The van der Waals surface area contributed by atoms with Crippen molar-refractivity contribution in [2.24, 2.45) is 5.41 Å². The van der Waals surface area contributed by atoms with Crippen molar-refractivity contribution in [1.29, 1.82) is 5.26 Å². The molecule has 7 heteroatoms. The maximum absolute atomic E-state index is 12.4. The van der Waals surface area contributed by atoms with Gasteiger partial charge in [0.1, 0.15) is 5.41 Å². The second-order valence-electron chi connectivity index (χ2n) is 4.75. The van der Waals surface area contributed by atoms with E-state index in [1.807, 2.05) is 0 Å². The lowest BCUT2D eigenvalue weighted by Gasteiger charge is -2.36. The fourth-order valence-corrected chi connectivity index (χ4v) is 3.51. The Bertz CT molecular complexity index is 460. The van der Waals surface area contributed by atoms with Crippen LogP contribution in [0.5, 0.6) is 0 Å². The standard InChI is InChI=1S/C11H16N2O4S/c12-9-11(1-5-17-6-2-11)10(14)13-3-7-18(15,16)8-4-13/h1-8H2. The third-order valence-corrected chi connectivity index (χ3v) is 5.21. The van der Waals surface area contributed by atoms with Crippen molar-refractivity contribution in [2.45, 2.75) is 12.8 Å². The zero-order valence-electron chi connectivity index (χ0n) is 10.1. The van der Waals surface area contributed by atoms with Crippen LogP contribution in [0.3, 0.4) is 0 Å². The summed E-state index contributed by atoms with van der Waals surface area (Å²) in [6.07, 6.45) is 0.789. The van der Waals surface area contributed by atoms with Crippen molar-refractivity contribution in [3.05, 3.63) is 0 Å². The van der Waals surface area contributed by atoms with Crippen LogP contribution in [-0.4, -0.2) is 57.0 Å². The van der Waals surface area contributed by atoms with Gasteiger partial charge in [-0.1, -0.05) is 0 Å². The van der Waals surface area contributed by atoms with E-state index in [4.69, 9.17) is 4.74 Å². The number of carbonyl (C=O) groups excluding carboxylic acids is 1. The Kier molecular flexibility index (Phi) is 3.59. The summed E-state index contributed by atoms with van der Waals surface area (Å²) in [5, 5.41) is 9.27. The third kappa shape index (κ3) is 2.49. The molecule has 2 fully saturated rings. The summed E-state index contributed by atoms with van der Waals surface area (Å²) in [6, 6.07) is 2.11. The van der Waals surface area contributed by atoms with Crippen molar-refractivity contribution in [2.75, 3.05) is 37.8 Å². The van der Waals surface area contributed by atoms with Crippen LogP contribution in [0.2, 0.25) is 0 Å². The van der Waals surface area contributed by atoms with Gasteiger partial charge in [-0.3, -0.25) is 4.79 Å². The molecule has 6 nitrogen and oxygen atoms in total. The Morgan fingerprint density at radius 1 is 1.22 bits per heavy atom. The van der Waals surface area contributed by atoms with Crippen LogP contribution in [0.15, 0.2) is 0 Å². The summed E-state index contributed by atoms with van der Waals surface area (Å²) >= 11 is 0. The highest BCUT2D eigenvalue weighted by atomic mass is 32.2. The molecule has 2 heterocycles. The molecule has 1 amide bonds. The minimum Gasteiger partial charge on any atom is -0.381 e. The van der Waals surface area contributed by atoms with Crippen molar-refractivity contribution < 1.29 is 17.9 Å². The van der Waals surface area contributed by atoms with Gasteiger partial charge in [-0.15, -0.1) is 0 Å². The fourth-order valence-electron chi connectivity index (χ4n) is 2.31. The lowest BCUT2D eigenvalue weighted by molar-refractivity contribution is -0.143. The monoisotopic (exact) mass is 272 g/mol. The maximum Gasteiger partial charge on any atom is 0.243 e. The van der Waals surface area contributed by atoms with Gasteiger partial charge in [0.2, 0.25) is 5.91 Å².